The van der Waals surface area contributed by atoms with Crippen molar-refractivity contribution in [2.75, 3.05) is 11.9 Å². The van der Waals surface area contributed by atoms with Crippen molar-refractivity contribution in [3.63, 3.8) is 0 Å². The number of benzene rings is 1. The molecule has 7 nitrogen and oxygen atoms in total. The highest BCUT2D eigenvalue weighted by molar-refractivity contribution is 5.77. The van der Waals surface area contributed by atoms with Gasteiger partial charge in [0, 0.05) is 18.9 Å². The Bertz CT molecular complexity index is 1080. The van der Waals surface area contributed by atoms with E-state index >= 15 is 0 Å². The summed E-state index contributed by atoms with van der Waals surface area (Å²) in [6.07, 6.45) is 7.58. The van der Waals surface area contributed by atoms with E-state index in [1.54, 1.807) is 18.7 Å². The van der Waals surface area contributed by atoms with Gasteiger partial charge in [0.25, 0.3) is 0 Å². The minimum atomic E-state index is 0.396. The Kier molecular flexibility index (Phi) is 4.23. The number of rotatable bonds is 5. The Balaban J connectivity index is 1.61. The largest absolute Gasteiger partial charge is 0.354 e. The molecule has 3 aromatic heterocycles. The third-order valence-electron chi connectivity index (χ3n) is 4.02. The molecule has 0 bridgehead atoms. The van der Waals surface area contributed by atoms with Crippen LogP contribution in [0.3, 0.4) is 0 Å². The fourth-order valence-corrected chi connectivity index (χ4v) is 2.72. The van der Waals surface area contributed by atoms with Crippen LogP contribution in [0.4, 0.5) is 5.95 Å². The van der Waals surface area contributed by atoms with Crippen LogP contribution in [-0.4, -0.2) is 31.0 Å². The maximum atomic E-state index is 9.41. The summed E-state index contributed by atoms with van der Waals surface area (Å²) in [4.78, 5) is 17.2. The molecule has 0 aliphatic rings. The van der Waals surface area contributed by atoms with Gasteiger partial charge in [0.05, 0.1) is 17.2 Å². The standard InChI is InChI=1S/C19H15N7/c20-11-15-12-23-19(22-10-7-14-5-8-21-9-6-14)25-18(15)26-13-24-16-3-1-2-4-17(16)26/h1-6,8-9,12-13H,7,10H2,(H,22,23,25). The zero-order valence-electron chi connectivity index (χ0n) is 13.9. The Morgan fingerprint density at radius 3 is 2.77 bits per heavy atom. The Morgan fingerprint density at radius 1 is 1.08 bits per heavy atom. The van der Waals surface area contributed by atoms with Crippen molar-refractivity contribution >= 4 is 17.0 Å². The summed E-state index contributed by atoms with van der Waals surface area (Å²) in [5.41, 5.74) is 3.32. The highest BCUT2D eigenvalue weighted by Gasteiger charge is 2.12. The van der Waals surface area contributed by atoms with Crippen LogP contribution in [0.5, 0.6) is 0 Å². The minimum absolute atomic E-state index is 0.396. The fourth-order valence-electron chi connectivity index (χ4n) is 2.72. The second-order valence-corrected chi connectivity index (χ2v) is 5.68. The lowest BCUT2D eigenvalue weighted by molar-refractivity contribution is 0.947. The Labute approximate surface area is 150 Å². The zero-order valence-corrected chi connectivity index (χ0v) is 13.9. The number of para-hydroxylation sites is 2. The number of aromatic nitrogens is 5. The van der Waals surface area contributed by atoms with E-state index in [1.807, 2.05) is 41.0 Å². The Hall–Kier alpha value is -3.79. The molecule has 0 fully saturated rings. The highest BCUT2D eigenvalue weighted by Crippen LogP contribution is 2.19. The molecule has 126 valence electrons. The first-order chi connectivity index (χ1) is 12.8. The lowest BCUT2D eigenvalue weighted by Crippen LogP contribution is -2.10. The van der Waals surface area contributed by atoms with E-state index in [9.17, 15) is 5.26 Å². The number of imidazole rings is 1. The van der Waals surface area contributed by atoms with E-state index in [4.69, 9.17) is 0 Å². The second-order valence-electron chi connectivity index (χ2n) is 5.68. The van der Waals surface area contributed by atoms with Gasteiger partial charge < -0.3 is 5.32 Å². The van der Waals surface area contributed by atoms with E-state index < -0.39 is 0 Å². The van der Waals surface area contributed by atoms with Crippen LogP contribution >= 0.6 is 0 Å². The number of fused-ring (bicyclic) bond motifs is 1. The zero-order chi connectivity index (χ0) is 17.8. The lowest BCUT2D eigenvalue weighted by atomic mass is 10.2. The predicted octanol–water partition coefficient (Wildman–Crippen LogP) is 2.74. The number of nitrogens with zero attached hydrogens (tertiary/aromatic N) is 6. The van der Waals surface area contributed by atoms with Gasteiger partial charge in [-0.15, -0.1) is 0 Å². The molecule has 0 amide bonds. The summed E-state index contributed by atoms with van der Waals surface area (Å²) in [5.74, 6) is 0.994. The van der Waals surface area contributed by atoms with E-state index in [0.29, 0.717) is 23.9 Å². The number of hydrogen-bond donors (Lipinski definition) is 1. The van der Waals surface area contributed by atoms with E-state index in [2.05, 4.69) is 31.3 Å². The summed E-state index contributed by atoms with van der Waals surface area (Å²) in [7, 11) is 0. The molecule has 0 aliphatic carbocycles. The molecular formula is C19H15N7. The molecule has 3 heterocycles. The van der Waals surface area contributed by atoms with Crippen LogP contribution < -0.4 is 5.32 Å². The van der Waals surface area contributed by atoms with E-state index in [1.165, 1.54) is 11.8 Å². The number of anilines is 1. The van der Waals surface area contributed by atoms with Gasteiger partial charge in [-0.2, -0.15) is 10.2 Å². The molecule has 0 atom stereocenters. The molecule has 0 saturated carbocycles. The normalized spacial score (nSPS) is 10.6. The smallest absolute Gasteiger partial charge is 0.224 e. The summed E-state index contributed by atoms with van der Waals surface area (Å²) >= 11 is 0. The van der Waals surface area contributed by atoms with Crippen molar-refractivity contribution in [3.05, 3.63) is 72.4 Å². The molecule has 0 unspecified atom stereocenters. The summed E-state index contributed by atoms with van der Waals surface area (Å²) in [5, 5.41) is 12.6. The predicted molar refractivity (Wildman–Crippen MR) is 97.8 cm³/mol. The SMILES string of the molecule is N#Cc1cnc(NCCc2ccncc2)nc1-n1cnc2ccccc21. The van der Waals surface area contributed by atoms with Crippen LogP contribution in [0.15, 0.2) is 61.3 Å². The maximum absolute atomic E-state index is 9.41. The average Bonchev–Trinajstić information content (AvgIpc) is 3.13. The van der Waals surface area contributed by atoms with E-state index in [-0.39, 0.29) is 0 Å². The third kappa shape index (κ3) is 3.08. The molecule has 0 radical (unpaired) electrons. The number of hydrogen-bond acceptors (Lipinski definition) is 6. The van der Waals surface area contributed by atoms with Crippen LogP contribution in [-0.2, 0) is 6.42 Å². The van der Waals surface area contributed by atoms with Crippen molar-refractivity contribution < 1.29 is 0 Å². The average molecular weight is 341 g/mol. The van der Waals surface area contributed by atoms with Crippen molar-refractivity contribution in [1.29, 1.82) is 5.26 Å². The summed E-state index contributed by atoms with van der Waals surface area (Å²) in [6.45, 7) is 0.681. The molecule has 4 aromatic rings. The fraction of sp³-hybridized carbons (Fsp3) is 0.105. The summed E-state index contributed by atoms with van der Waals surface area (Å²) < 4.78 is 1.81. The Morgan fingerprint density at radius 2 is 1.92 bits per heavy atom. The van der Waals surface area contributed by atoms with Crippen LogP contribution in [0.1, 0.15) is 11.1 Å². The van der Waals surface area contributed by atoms with E-state index in [0.717, 1.165) is 17.5 Å². The van der Waals surface area contributed by atoms with Crippen molar-refractivity contribution in [2.45, 2.75) is 6.42 Å². The van der Waals surface area contributed by atoms with Crippen LogP contribution in [0.2, 0.25) is 0 Å². The lowest BCUT2D eigenvalue weighted by Gasteiger charge is -2.09. The molecular weight excluding hydrogens is 326 g/mol. The maximum Gasteiger partial charge on any atom is 0.224 e. The minimum Gasteiger partial charge on any atom is -0.354 e. The van der Waals surface area contributed by atoms with Crippen LogP contribution in [0.25, 0.3) is 16.9 Å². The quantitative estimate of drug-likeness (QED) is 0.600. The topological polar surface area (TPSA) is 92.3 Å². The molecule has 1 N–H and O–H groups in total. The molecule has 26 heavy (non-hydrogen) atoms. The monoisotopic (exact) mass is 341 g/mol. The van der Waals surface area contributed by atoms with Gasteiger partial charge in [-0.25, -0.2) is 9.97 Å². The first-order valence-corrected chi connectivity index (χ1v) is 8.17. The van der Waals surface area contributed by atoms with Crippen molar-refractivity contribution in [1.82, 2.24) is 24.5 Å². The molecule has 4 rings (SSSR count). The number of nitriles is 1. The summed E-state index contributed by atoms with van der Waals surface area (Å²) in [6, 6.07) is 13.8. The van der Waals surface area contributed by atoms with Gasteiger partial charge in [0.2, 0.25) is 5.95 Å². The molecule has 7 heteroatoms. The van der Waals surface area contributed by atoms with Crippen molar-refractivity contribution in [3.8, 4) is 11.9 Å². The molecule has 1 aromatic carbocycles. The van der Waals surface area contributed by atoms with Gasteiger partial charge in [0.1, 0.15) is 18.0 Å². The van der Waals surface area contributed by atoms with Gasteiger partial charge in [0.15, 0.2) is 5.82 Å². The van der Waals surface area contributed by atoms with Crippen molar-refractivity contribution in [2.24, 2.45) is 0 Å². The number of pyridine rings is 1. The van der Waals surface area contributed by atoms with Gasteiger partial charge >= 0.3 is 0 Å². The van der Waals surface area contributed by atoms with Gasteiger partial charge in [-0.3, -0.25) is 9.55 Å². The van der Waals surface area contributed by atoms with Gasteiger partial charge in [-0.1, -0.05) is 12.1 Å². The first-order valence-electron chi connectivity index (χ1n) is 8.17. The third-order valence-corrected chi connectivity index (χ3v) is 4.02. The highest BCUT2D eigenvalue weighted by atomic mass is 15.2. The number of nitrogens with one attached hydrogen (secondary N) is 1. The van der Waals surface area contributed by atoms with Gasteiger partial charge in [-0.05, 0) is 36.2 Å². The molecule has 0 aliphatic heterocycles. The van der Waals surface area contributed by atoms with Crippen LogP contribution in [0, 0.1) is 11.3 Å². The first kappa shape index (κ1) is 15.7. The molecule has 0 saturated heterocycles. The molecule has 0 spiro atoms. The second kappa shape index (κ2) is 6.99.